The molecule has 4 aromatic rings. The summed E-state index contributed by atoms with van der Waals surface area (Å²) in [5.74, 6) is -1.80. The van der Waals surface area contributed by atoms with Crippen molar-refractivity contribution >= 4 is 34.0 Å². The van der Waals surface area contributed by atoms with E-state index < -0.39 is 23.5 Å². The molecule has 1 atom stereocenters. The van der Waals surface area contributed by atoms with Gasteiger partial charge in [-0.2, -0.15) is 0 Å². The number of aliphatic hydroxyl groups excluding tert-OH is 1. The first-order chi connectivity index (χ1) is 16.4. The summed E-state index contributed by atoms with van der Waals surface area (Å²) in [5, 5.41) is 12.0. The number of ketones is 1. The van der Waals surface area contributed by atoms with Crippen LogP contribution in [0.4, 0.5) is 10.1 Å². The lowest BCUT2D eigenvalue weighted by Gasteiger charge is -2.26. The number of aliphatic hydroxyl groups is 1. The number of rotatable bonds is 4. The molecule has 1 amide bonds. The molecule has 170 valence electrons. The van der Waals surface area contributed by atoms with E-state index in [0.29, 0.717) is 17.0 Å². The predicted molar refractivity (Wildman–Crippen MR) is 127 cm³/mol. The Morgan fingerprint density at radius 2 is 1.68 bits per heavy atom. The fourth-order valence-electron chi connectivity index (χ4n) is 4.53. The van der Waals surface area contributed by atoms with Gasteiger partial charge in [-0.25, -0.2) is 4.39 Å². The van der Waals surface area contributed by atoms with Crippen LogP contribution in [-0.2, 0) is 9.59 Å². The molecule has 1 saturated heterocycles. The lowest BCUT2D eigenvalue weighted by molar-refractivity contribution is -0.132. The third-order valence-corrected chi connectivity index (χ3v) is 6.13. The molecule has 1 fully saturated rings. The van der Waals surface area contributed by atoms with Crippen LogP contribution >= 0.6 is 0 Å². The van der Waals surface area contributed by atoms with Gasteiger partial charge in [0.25, 0.3) is 11.7 Å². The van der Waals surface area contributed by atoms with Crippen molar-refractivity contribution in [3.05, 3.63) is 101 Å². The van der Waals surface area contributed by atoms with Crippen molar-refractivity contribution in [1.82, 2.24) is 4.98 Å². The summed E-state index contributed by atoms with van der Waals surface area (Å²) in [5.41, 5.74) is 2.98. The third-order valence-electron chi connectivity index (χ3n) is 6.13. The van der Waals surface area contributed by atoms with Crippen LogP contribution < -0.4 is 9.64 Å². The number of ether oxygens (including phenoxy) is 1. The number of benzene rings is 3. The Morgan fingerprint density at radius 3 is 2.35 bits per heavy atom. The van der Waals surface area contributed by atoms with Gasteiger partial charge in [0.1, 0.15) is 17.3 Å². The normalized spacial score (nSPS) is 17.5. The van der Waals surface area contributed by atoms with Gasteiger partial charge in [-0.3, -0.25) is 14.5 Å². The van der Waals surface area contributed by atoms with Crippen LogP contribution in [-0.4, -0.2) is 28.9 Å². The number of nitrogens with zero attached hydrogens (tertiary/aromatic N) is 1. The molecule has 0 spiro atoms. The van der Waals surface area contributed by atoms with Gasteiger partial charge >= 0.3 is 0 Å². The van der Waals surface area contributed by atoms with E-state index in [2.05, 4.69) is 4.98 Å². The number of aromatic nitrogens is 1. The van der Waals surface area contributed by atoms with Crippen LogP contribution in [0.25, 0.3) is 16.7 Å². The molecule has 1 aliphatic heterocycles. The van der Waals surface area contributed by atoms with Gasteiger partial charge in [0.15, 0.2) is 0 Å². The first-order valence-corrected chi connectivity index (χ1v) is 10.7. The van der Waals surface area contributed by atoms with Crippen molar-refractivity contribution in [1.29, 1.82) is 0 Å². The van der Waals surface area contributed by atoms with Crippen molar-refractivity contribution in [3.63, 3.8) is 0 Å². The summed E-state index contributed by atoms with van der Waals surface area (Å²) in [4.78, 5) is 31.4. The number of H-pyrrole nitrogens is 1. The minimum Gasteiger partial charge on any atom is -0.507 e. The van der Waals surface area contributed by atoms with E-state index in [-0.39, 0.29) is 16.9 Å². The minimum absolute atomic E-state index is 0.0553. The fourth-order valence-corrected chi connectivity index (χ4v) is 4.53. The van der Waals surface area contributed by atoms with Gasteiger partial charge in [0, 0.05) is 33.4 Å². The number of nitrogens with one attached hydrogen (secondary N) is 1. The highest BCUT2D eigenvalue weighted by Gasteiger charge is 2.48. The van der Waals surface area contributed by atoms with Crippen molar-refractivity contribution in [2.75, 3.05) is 12.0 Å². The Balaban J connectivity index is 1.79. The lowest BCUT2D eigenvalue weighted by Crippen LogP contribution is -2.29. The van der Waals surface area contributed by atoms with E-state index >= 15 is 0 Å². The quantitative estimate of drug-likeness (QED) is 0.250. The molecule has 0 saturated carbocycles. The zero-order chi connectivity index (χ0) is 24.0. The van der Waals surface area contributed by atoms with Gasteiger partial charge in [0.2, 0.25) is 0 Å². The average Bonchev–Trinajstić information content (AvgIpc) is 3.31. The molecule has 0 aliphatic carbocycles. The maximum Gasteiger partial charge on any atom is 0.300 e. The first kappa shape index (κ1) is 21.5. The lowest BCUT2D eigenvalue weighted by atomic mass is 9.93. The number of anilines is 1. The van der Waals surface area contributed by atoms with Gasteiger partial charge < -0.3 is 14.8 Å². The molecular formula is C27H21FN2O4. The largest absolute Gasteiger partial charge is 0.507 e. The molecule has 1 unspecified atom stereocenters. The Bertz CT molecular complexity index is 1450. The van der Waals surface area contributed by atoms with Crippen molar-refractivity contribution in [3.8, 4) is 5.75 Å². The molecule has 6 nitrogen and oxygen atoms in total. The van der Waals surface area contributed by atoms with E-state index in [1.54, 1.807) is 31.4 Å². The molecule has 7 heteroatoms. The highest BCUT2D eigenvalue weighted by atomic mass is 19.1. The number of amides is 1. The Hall–Kier alpha value is -4.39. The summed E-state index contributed by atoms with van der Waals surface area (Å²) < 4.78 is 18.7. The summed E-state index contributed by atoms with van der Waals surface area (Å²) in [6, 6.07) is 18.6. The summed E-state index contributed by atoms with van der Waals surface area (Å²) in [7, 11) is 1.54. The highest BCUT2D eigenvalue weighted by molar-refractivity contribution is 6.52. The number of aryl methyl sites for hydroxylation is 1. The van der Waals surface area contributed by atoms with Gasteiger partial charge in [-0.15, -0.1) is 0 Å². The van der Waals surface area contributed by atoms with E-state index in [0.717, 1.165) is 16.6 Å². The summed E-state index contributed by atoms with van der Waals surface area (Å²) in [6.07, 6.45) is 0. The second kappa shape index (κ2) is 8.19. The minimum atomic E-state index is -0.894. The van der Waals surface area contributed by atoms with Crippen molar-refractivity contribution in [2.24, 2.45) is 0 Å². The van der Waals surface area contributed by atoms with Gasteiger partial charge in [0.05, 0.1) is 18.7 Å². The molecule has 1 aromatic heterocycles. The predicted octanol–water partition coefficient (Wildman–Crippen LogP) is 5.25. The standard InChI is InChI=1S/C27H21FN2O4/c1-15-22(20-5-3-4-6-21(20)29-15)24-23(25(31)16-7-9-17(28)10-8-16)26(32)27(33)30(24)18-11-13-19(34-2)14-12-18/h3-14,24,29,31H,1-2H3/b25-23+. The number of para-hydroxylation sites is 1. The maximum absolute atomic E-state index is 13.5. The van der Waals surface area contributed by atoms with Crippen LogP contribution in [0.3, 0.4) is 0 Å². The second-order valence-corrected chi connectivity index (χ2v) is 8.08. The number of hydrogen-bond acceptors (Lipinski definition) is 4. The van der Waals surface area contributed by atoms with E-state index in [4.69, 9.17) is 4.74 Å². The first-order valence-electron chi connectivity index (χ1n) is 10.7. The molecule has 2 heterocycles. The molecule has 1 aliphatic rings. The Kier molecular flexibility index (Phi) is 5.17. The van der Waals surface area contributed by atoms with Crippen LogP contribution in [0.1, 0.15) is 22.9 Å². The second-order valence-electron chi connectivity index (χ2n) is 8.08. The fraction of sp³-hybridized carbons (Fsp3) is 0.111. The smallest absolute Gasteiger partial charge is 0.300 e. The van der Waals surface area contributed by atoms with Crippen molar-refractivity contribution < 1.29 is 23.8 Å². The monoisotopic (exact) mass is 456 g/mol. The zero-order valence-electron chi connectivity index (χ0n) is 18.5. The van der Waals surface area contributed by atoms with Gasteiger partial charge in [-0.05, 0) is 61.5 Å². The zero-order valence-corrected chi connectivity index (χ0v) is 18.5. The topological polar surface area (TPSA) is 82.6 Å². The van der Waals surface area contributed by atoms with E-state index in [1.807, 2.05) is 31.2 Å². The van der Waals surface area contributed by atoms with Crippen LogP contribution in [0.2, 0.25) is 0 Å². The SMILES string of the molecule is COc1ccc(N2C(=O)C(=O)/C(=C(/O)c3ccc(F)cc3)C2c2c(C)[nH]c3ccccc23)cc1. The molecule has 0 bridgehead atoms. The van der Waals surface area contributed by atoms with Crippen molar-refractivity contribution in [2.45, 2.75) is 13.0 Å². The molecule has 0 radical (unpaired) electrons. The molecule has 2 N–H and O–H groups in total. The van der Waals surface area contributed by atoms with Crippen LogP contribution in [0, 0.1) is 12.7 Å². The number of fused-ring (bicyclic) bond motifs is 1. The third kappa shape index (κ3) is 3.33. The molecule has 34 heavy (non-hydrogen) atoms. The van der Waals surface area contributed by atoms with Crippen LogP contribution in [0.5, 0.6) is 5.75 Å². The number of carbonyl (C=O) groups is 2. The molecule has 5 rings (SSSR count). The number of aromatic amines is 1. The number of methoxy groups -OCH3 is 1. The highest BCUT2D eigenvalue weighted by Crippen LogP contribution is 2.45. The van der Waals surface area contributed by atoms with Crippen LogP contribution in [0.15, 0.2) is 78.4 Å². The molecular weight excluding hydrogens is 435 g/mol. The summed E-state index contributed by atoms with van der Waals surface area (Å²) in [6.45, 7) is 1.86. The number of halogens is 1. The molecule has 3 aromatic carbocycles. The number of hydrogen-bond donors (Lipinski definition) is 2. The summed E-state index contributed by atoms with van der Waals surface area (Å²) >= 11 is 0. The van der Waals surface area contributed by atoms with E-state index in [1.165, 1.54) is 29.2 Å². The number of carbonyl (C=O) groups excluding carboxylic acids is 2. The maximum atomic E-state index is 13.5. The Labute approximate surface area is 194 Å². The average molecular weight is 456 g/mol. The Morgan fingerprint density at radius 1 is 1.00 bits per heavy atom. The number of Topliss-reactive ketones (excluding diaryl/α,β-unsaturated/α-hetero) is 1. The van der Waals surface area contributed by atoms with E-state index in [9.17, 15) is 19.1 Å². The van der Waals surface area contributed by atoms with Gasteiger partial charge in [-0.1, -0.05) is 18.2 Å².